The number of amides is 2. The van der Waals surface area contributed by atoms with Crippen molar-refractivity contribution in [2.24, 2.45) is 5.92 Å². The zero-order valence-electron chi connectivity index (χ0n) is 17.8. The molecular weight excluding hydrogens is 370 g/mol. The van der Waals surface area contributed by atoms with Crippen LogP contribution in [0.3, 0.4) is 0 Å². The van der Waals surface area contributed by atoms with E-state index < -0.39 is 0 Å². The average molecular weight is 408 g/mol. The molecule has 0 spiro atoms. The summed E-state index contributed by atoms with van der Waals surface area (Å²) >= 11 is 0. The number of carbonyl (C=O) groups excluding carboxylic acids is 2. The number of hydrogen-bond acceptors (Lipinski definition) is 5. The molecule has 0 radical (unpaired) electrons. The predicted molar refractivity (Wildman–Crippen MR) is 110 cm³/mol. The fourth-order valence-corrected chi connectivity index (χ4v) is 2.68. The van der Waals surface area contributed by atoms with Crippen LogP contribution in [-0.4, -0.2) is 84.9 Å². The Hall–Kier alpha value is -1.21. The van der Waals surface area contributed by atoms with E-state index in [1.54, 1.807) is 9.80 Å². The van der Waals surface area contributed by atoms with Gasteiger partial charge in [0, 0.05) is 45.8 Å². The molecule has 2 amide bonds. The molecule has 7 nitrogen and oxygen atoms in total. The third kappa shape index (κ3) is 10.6. The SMILES string of the molecule is CC(C)CCN(CCN1CCN(C(=O)OC(C)C)CC1)C(=O)OC(C)C.Cl. The van der Waals surface area contributed by atoms with Crippen LogP contribution in [0, 0.1) is 5.92 Å². The molecule has 27 heavy (non-hydrogen) atoms. The van der Waals surface area contributed by atoms with Gasteiger partial charge in [0.2, 0.25) is 0 Å². The maximum Gasteiger partial charge on any atom is 0.410 e. The van der Waals surface area contributed by atoms with E-state index >= 15 is 0 Å². The summed E-state index contributed by atoms with van der Waals surface area (Å²) in [5.41, 5.74) is 0. The Morgan fingerprint density at radius 2 is 1.44 bits per heavy atom. The molecule has 0 unspecified atom stereocenters. The Labute approximate surface area is 170 Å². The van der Waals surface area contributed by atoms with Gasteiger partial charge >= 0.3 is 12.2 Å². The fraction of sp³-hybridized carbons (Fsp3) is 0.895. The standard InChI is InChI=1S/C19H37N3O4.ClH/c1-15(2)7-8-21(18(23)25-16(3)4)12-9-20-10-13-22(14-11-20)19(24)26-17(5)6;/h15-17H,7-14H2,1-6H3;1H. The molecule has 1 rings (SSSR count). The van der Waals surface area contributed by atoms with E-state index in [0.29, 0.717) is 32.1 Å². The molecule has 1 heterocycles. The molecule has 160 valence electrons. The number of nitrogens with zero attached hydrogens (tertiary/aromatic N) is 3. The highest BCUT2D eigenvalue weighted by molar-refractivity contribution is 5.85. The van der Waals surface area contributed by atoms with Crippen molar-refractivity contribution in [3.8, 4) is 0 Å². The summed E-state index contributed by atoms with van der Waals surface area (Å²) in [6, 6.07) is 0. The summed E-state index contributed by atoms with van der Waals surface area (Å²) in [4.78, 5) is 30.1. The smallest absolute Gasteiger partial charge is 0.410 e. The zero-order valence-corrected chi connectivity index (χ0v) is 18.6. The monoisotopic (exact) mass is 407 g/mol. The van der Waals surface area contributed by atoms with Crippen molar-refractivity contribution in [3.05, 3.63) is 0 Å². The lowest BCUT2D eigenvalue weighted by atomic mass is 10.1. The first-order valence-electron chi connectivity index (χ1n) is 9.82. The number of halogens is 1. The molecule has 1 saturated heterocycles. The van der Waals surface area contributed by atoms with E-state index in [1.807, 2.05) is 27.7 Å². The molecule has 0 bridgehead atoms. The number of ether oxygens (including phenoxy) is 2. The summed E-state index contributed by atoms with van der Waals surface area (Å²) in [6.07, 6.45) is 0.280. The van der Waals surface area contributed by atoms with Crippen LogP contribution in [0.15, 0.2) is 0 Å². The second-order valence-corrected chi connectivity index (χ2v) is 7.86. The number of rotatable bonds is 8. The predicted octanol–water partition coefficient (Wildman–Crippen LogP) is 3.46. The minimum absolute atomic E-state index is 0. The molecule has 0 aromatic heterocycles. The van der Waals surface area contributed by atoms with Crippen molar-refractivity contribution < 1.29 is 19.1 Å². The second-order valence-electron chi connectivity index (χ2n) is 7.86. The van der Waals surface area contributed by atoms with Crippen molar-refractivity contribution in [1.82, 2.24) is 14.7 Å². The number of carbonyl (C=O) groups is 2. The fourth-order valence-electron chi connectivity index (χ4n) is 2.68. The minimum atomic E-state index is -0.237. The van der Waals surface area contributed by atoms with Gasteiger partial charge in [0.1, 0.15) is 0 Å². The van der Waals surface area contributed by atoms with E-state index in [9.17, 15) is 9.59 Å². The van der Waals surface area contributed by atoms with Crippen molar-refractivity contribution in [1.29, 1.82) is 0 Å². The van der Waals surface area contributed by atoms with Gasteiger partial charge in [-0.1, -0.05) is 13.8 Å². The molecule has 0 saturated carbocycles. The Morgan fingerprint density at radius 1 is 0.889 bits per heavy atom. The molecule has 8 heteroatoms. The van der Waals surface area contributed by atoms with Gasteiger partial charge in [-0.3, -0.25) is 4.90 Å². The maximum atomic E-state index is 12.3. The quantitative estimate of drug-likeness (QED) is 0.616. The lowest BCUT2D eigenvalue weighted by Crippen LogP contribution is -2.51. The maximum absolute atomic E-state index is 12.3. The average Bonchev–Trinajstić information content (AvgIpc) is 2.53. The van der Waals surface area contributed by atoms with Gasteiger partial charge in [0.05, 0.1) is 12.2 Å². The highest BCUT2D eigenvalue weighted by Gasteiger charge is 2.24. The van der Waals surface area contributed by atoms with Gasteiger partial charge in [-0.25, -0.2) is 9.59 Å². The second kappa shape index (κ2) is 13.0. The van der Waals surface area contributed by atoms with Gasteiger partial charge in [0.25, 0.3) is 0 Å². The van der Waals surface area contributed by atoms with Crippen molar-refractivity contribution in [2.45, 2.75) is 60.2 Å². The van der Waals surface area contributed by atoms with E-state index in [-0.39, 0.29) is 36.8 Å². The first kappa shape index (κ1) is 25.8. The molecule has 0 aliphatic carbocycles. The number of hydrogen-bond donors (Lipinski definition) is 0. The Kier molecular flexibility index (Phi) is 12.5. The Morgan fingerprint density at radius 3 is 1.93 bits per heavy atom. The van der Waals surface area contributed by atoms with Crippen molar-refractivity contribution >= 4 is 24.6 Å². The van der Waals surface area contributed by atoms with Gasteiger partial charge in [-0.2, -0.15) is 0 Å². The van der Waals surface area contributed by atoms with Crippen LogP contribution < -0.4 is 0 Å². The lowest BCUT2D eigenvalue weighted by Gasteiger charge is -2.35. The van der Waals surface area contributed by atoms with Crippen molar-refractivity contribution in [3.63, 3.8) is 0 Å². The van der Waals surface area contributed by atoms with Gasteiger partial charge in [0.15, 0.2) is 0 Å². The summed E-state index contributed by atoms with van der Waals surface area (Å²) in [5.74, 6) is 0.542. The molecule has 0 aromatic rings. The van der Waals surface area contributed by atoms with Gasteiger partial charge < -0.3 is 19.3 Å². The van der Waals surface area contributed by atoms with Crippen LogP contribution in [0.2, 0.25) is 0 Å². The summed E-state index contributed by atoms with van der Waals surface area (Å²) in [7, 11) is 0. The minimum Gasteiger partial charge on any atom is -0.447 e. The van der Waals surface area contributed by atoms with E-state index in [1.165, 1.54) is 0 Å². The van der Waals surface area contributed by atoms with E-state index in [4.69, 9.17) is 9.47 Å². The number of piperazine rings is 1. The summed E-state index contributed by atoms with van der Waals surface area (Å²) in [5, 5.41) is 0. The molecule has 0 aromatic carbocycles. The third-order valence-electron chi connectivity index (χ3n) is 4.22. The first-order chi connectivity index (χ1) is 12.2. The van der Waals surface area contributed by atoms with Crippen LogP contribution in [-0.2, 0) is 9.47 Å². The van der Waals surface area contributed by atoms with Crippen LogP contribution >= 0.6 is 12.4 Å². The first-order valence-corrected chi connectivity index (χ1v) is 9.82. The normalized spacial score (nSPS) is 15.1. The van der Waals surface area contributed by atoms with Crippen molar-refractivity contribution in [2.75, 3.05) is 45.8 Å². The molecule has 1 aliphatic heterocycles. The lowest BCUT2D eigenvalue weighted by molar-refractivity contribution is 0.0516. The van der Waals surface area contributed by atoms with Gasteiger partial charge in [-0.15, -0.1) is 12.4 Å². The topological polar surface area (TPSA) is 62.3 Å². The van der Waals surface area contributed by atoms with Gasteiger partial charge in [-0.05, 0) is 40.0 Å². The Balaban J connectivity index is 0.00000676. The van der Waals surface area contributed by atoms with Crippen LogP contribution in [0.1, 0.15) is 48.0 Å². The van der Waals surface area contributed by atoms with Crippen LogP contribution in [0.4, 0.5) is 9.59 Å². The van der Waals surface area contributed by atoms with E-state index in [2.05, 4.69) is 18.7 Å². The third-order valence-corrected chi connectivity index (χ3v) is 4.22. The van der Waals surface area contributed by atoms with Crippen LogP contribution in [0.5, 0.6) is 0 Å². The van der Waals surface area contributed by atoms with E-state index in [0.717, 1.165) is 26.1 Å². The summed E-state index contributed by atoms with van der Waals surface area (Å²) < 4.78 is 10.6. The largest absolute Gasteiger partial charge is 0.447 e. The molecular formula is C19H38ClN3O4. The molecule has 0 N–H and O–H groups in total. The highest BCUT2D eigenvalue weighted by Crippen LogP contribution is 2.08. The summed E-state index contributed by atoms with van der Waals surface area (Å²) in [6.45, 7) is 16.8. The Bertz CT molecular complexity index is 439. The molecule has 1 aliphatic rings. The molecule has 1 fully saturated rings. The van der Waals surface area contributed by atoms with Crippen LogP contribution in [0.25, 0.3) is 0 Å². The zero-order chi connectivity index (χ0) is 19.7. The molecule has 0 atom stereocenters. The highest BCUT2D eigenvalue weighted by atomic mass is 35.5.